The number of ether oxygens (including phenoxy) is 2. The molecule has 3 aliphatic carbocycles. The van der Waals surface area contributed by atoms with Gasteiger partial charge in [0.15, 0.2) is 6.29 Å². The van der Waals surface area contributed by atoms with Crippen molar-refractivity contribution in [2.24, 2.45) is 11.8 Å². The zero-order valence-corrected chi connectivity index (χ0v) is 19.7. The van der Waals surface area contributed by atoms with Crippen molar-refractivity contribution in [3.05, 3.63) is 100 Å². The summed E-state index contributed by atoms with van der Waals surface area (Å²) < 4.78 is 11.9. The summed E-state index contributed by atoms with van der Waals surface area (Å²) in [6.07, 6.45) is -0.737. The van der Waals surface area contributed by atoms with E-state index >= 15 is 0 Å². The number of methoxy groups -OCH3 is 2. The van der Waals surface area contributed by atoms with Gasteiger partial charge in [-0.1, -0.05) is 60.7 Å². The Morgan fingerprint density at radius 3 is 1.97 bits per heavy atom. The number of aryl methyl sites for hydroxylation is 1. The van der Waals surface area contributed by atoms with Crippen LogP contribution in [0.3, 0.4) is 0 Å². The van der Waals surface area contributed by atoms with Gasteiger partial charge >= 0.3 is 0 Å². The molecule has 0 N–H and O–H groups in total. The summed E-state index contributed by atoms with van der Waals surface area (Å²) in [4.78, 5) is 30.0. The molecule has 172 valence electrons. The molecule has 3 aromatic carbocycles. The molecule has 1 saturated heterocycles. The van der Waals surface area contributed by atoms with Gasteiger partial charge in [0.2, 0.25) is 11.8 Å². The molecule has 1 fully saturated rings. The molecule has 1 heterocycles. The van der Waals surface area contributed by atoms with Crippen molar-refractivity contribution in [1.29, 1.82) is 0 Å². The van der Waals surface area contributed by atoms with E-state index in [0.29, 0.717) is 5.69 Å². The van der Waals surface area contributed by atoms with Crippen LogP contribution in [0.2, 0.25) is 0 Å². The van der Waals surface area contributed by atoms with Crippen molar-refractivity contribution in [2.75, 3.05) is 19.1 Å². The highest BCUT2D eigenvalue weighted by Gasteiger charge is 2.71. The topological polar surface area (TPSA) is 55.8 Å². The van der Waals surface area contributed by atoms with Crippen LogP contribution >= 0.6 is 0 Å². The third-order valence-electron chi connectivity index (χ3n) is 8.30. The van der Waals surface area contributed by atoms with E-state index in [9.17, 15) is 9.59 Å². The lowest BCUT2D eigenvalue weighted by Gasteiger charge is -2.56. The quantitative estimate of drug-likeness (QED) is 0.432. The number of benzene rings is 3. The molecule has 2 amide bonds. The van der Waals surface area contributed by atoms with Crippen LogP contribution in [0.1, 0.15) is 39.3 Å². The zero-order chi connectivity index (χ0) is 23.8. The number of hydrogen-bond acceptors (Lipinski definition) is 4. The fourth-order valence-electron chi connectivity index (χ4n) is 6.91. The normalized spacial score (nSPS) is 26.6. The molecule has 2 bridgehead atoms. The lowest BCUT2D eigenvalue weighted by molar-refractivity contribution is -0.168. The Morgan fingerprint density at radius 2 is 1.38 bits per heavy atom. The number of anilines is 1. The molecule has 4 aliphatic rings. The summed E-state index contributed by atoms with van der Waals surface area (Å²) in [7, 11) is 3.21. The van der Waals surface area contributed by atoms with E-state index in [1.165, 1.54) is 4.90 Å². The van der Waals surface area contributed by atoms with Crippen molar-refractivity contribution in [2.45, 2.75) is 31.5 Å². The Bertz CT molecular complexity index is 1290. The Hall–Kier alpha value is -3.28. The first-order valence-corrected chi connectivity index (χ1v) is 11.7. The average molecular weight is 454 g/mol. The van der Waals surface area contributed by atoms with Gasteiger partial charge in [-0.05, 0) is 53.3 Å². The maximum atomic E-state index is 14.4. The van der Waals surface area contributed by atoms with Crippen LogP contribution in [0.5, 0.6) is 0 Å². The minimum absolute atomic E-state index is 0.145. The summed E-state index contributed by atoms with van der Waals surface area (Å²) in [5, 5.41) is 0. The molecular weight excluding hydrogens is 426 g/mol. The molecule has 5 heteroatoms. The van der Waals surface area contributed by atoms with Crippen LogP contribution < -0.4 is 4.90 Å². The van der Waals surface area contributed by atoms with E-state index in [-0.39, 0.29) is 17.7 Å². The number of nitrogens with zero attached hydrogens (tertiary/aromatic N) is 1. The van der Waals surface area contributed by atoms with E-state index < -0.39 is 23.5 Å². The van der Waals surface area contributed by atoms with E-state index in [2.05, 4.69) is 24.3 Å². The van der Waals surface area contributed by atoms with E-state index in [4.69, 9.17) is 9.47 Å². The second-order valence-corrected chi connectivity index (χ2v) is 9.56. The SMILES string of the molecule is COC(OC)C12c3ccccc3C(c3ccccc31)[C@H]1C(=O)N(c3cccc(C)c3C)C(=O)[C@@H]12. The Balaban J connectivity index is 1.68. The largest absolute Gasteiger partial charge is 0.355 e. The predicted molar refractivity (Wildman–Crippen MR) is 129 cm³/mol. The van der Waals surface area contributed by atoms with E-state index in [0.717, 1.165) is 33.4 Å². The summed E-state index contributed by atoms with van der Waals surface area (Å²) in [5.41, 5.74) is 5.89. The summed E-state index contributed by atoms with van der Waals surface area (Å²) >= 11 is 0. The van der Waals surface area contributed by atoms with Crippen LogP contribution in [0.4, 0.5) is 5.69 Å². The van der Waals surface area contributed by atoms with Crippen molar-refractivity contribution in [1.82, 2.24) is 0 Å². The van der Waals surface area contributed by atoms with Gasteiger partial charge < -0.3 is 9.47 Å². The van der Waals surface area contributed by atoms with Crippen LogP contribution in [0.25, 0.3) is 0 Å². The molecule has 3 aromatic rings. The number of carbonyl (C=O) groups excluding carboxylic acids is 2. The first kappa shape index (κ1) is 21.3. The zero-order valence-electron chi connectivity index (χ0n) is 19.7. The molecule has 5 nitrogen and oxygen atoms in total. The van der Waals surface area contributed by atoms with Crippen molar-refractivity contribution in [3.63, 3.8) is 0 Å². The molecule has 1 aliphatic heterocycles. The van der Waals surface area contributed by atoms with Crippen LogP contribution in [0, 0.1) is 25.7 Å². The Kier molecular flexibility index (Phi) is 4.60. The molecule has 0 aromatic heterocycles. The number of rotatable bonds is 4. The monoisotopic (exact) mass is 453 g/mol. The highest BCUT2D eigenvalue weighted by atomic mass is 16.7. The standard InChI is InChI=1S/C29H27NO4/c1-16-10-9-15-22(17(16)2)30-26(31)24-23-18-11-5-7-13-20(18)29(25(24)27(30)32,28(33-3)34-4)21-14-8-6-12-19(21)23/h5-15,23-25,28H,1-4H3/t23?,24-,25-,29?/m1/s1. The molecule has 0 saturated carbocycles. The Morgan fingerprint density at radius 1 is 0.794 bits per heavy atom. The predicted octanol–water partition coefficient (Wildman–Crippen LogP) is 4.47. The van der Waals surface area contributed by atoms with Gasteiger partial charge in [0, 0.05) is 20.1 Å². The highest BCUT2D eigenvalue weighted by molar-refractivity contribution is 6.24. The minimum Gasteiger partial charge on any atom is -0.355 e. The first-order valence-electron chi connectivity index (χ1n) is 11.7. The van der Waals surface area contributed by atoms with Crippen LogP contribution in [-0.2, 0) is 24.5 Å². The molecule has 0 unspecified atom stereocenters. The summed E-state index contributed by atoms with van der Waals surface area (Å²) in [5.74, 6) is -1.67. The van der Waals surface area contributed by atoms with Gasteiger partial charge in [-0.2, -0.15) is 0 Å². The highest BCUT2D eigenvalue weighted by Crippen LogP contribution is 2.65. The number of amides is 2. The van der Waals surface area contributed by atoms with Gasteiger partial charge in [-0.15, -0.1) is 0 Å². The average Bonchev–Trinajstić information content (AvgIpc) is 3.13. The maximum absolute atomic E-state index is 14.4. The van der Waals surface area contributed by atoms with Gasteiger partial charge in [-0.3, -0.25) is 9.59 Å². The van der Waals surface area contributed by atoms with Crippen LogP contribution in [0.15, 0.2) is 66.7 Å². The third kappa shape index (κ3) is 2.36. The van der Waals surface area contributed by atoms with Gasteiger partial charge in [-0.25, -0.2) is 4.90 Å². The van der Waals surface area contributed by atoms with E-state index in [1.54, 1.807) is 14.2 Å². The summed E-state index contributed by atoms with van der Waals surface area (Å²) in [6.45, 7) is 3.97. The van der Waals surface area contributed by atoms with Gasteiger partial charge in [0.05, 0.1) is 22.9 Å². The third-order valence-corrected chi connectivity index (χ3v) is 8.30. The van der Waals surface area contributed by atoms with Gasteiger partial charge in [0.25, 0.3) is 0 Å². The number of carbonyl (C=O) groups is 2. The summed E-state index contributed by atoms with van der Waals surface area (Å²) in [6, 6.07) is 22.1. The van der Waals surface area contributed by atoms with Crippen LogP contribution in [-0.4, -0.2) is 32.3 Å². The van der Waals surface area contributed by atoms with E-state index in [1.807, 2.05) is 56.3 Å². The Labute approximate surface area is 199 Å². The molecule has 34 heavy (non-hydrogen) atoms. The van der Waals surface area contributed by atoms with Crippen molar-refractivity contribution < 1.29 is 19.1 Å². The van der Waals surface area contributed by atoms with Crippen molar-refractivity contribution >= 4 is 17.5 Å². The lowest BCUT2D eigenvalue weighted by Crippen LogP contribution is -2.60. The number of imide groups is 1. The fourth-order valence-corrected chi connectivity index (χ4v) is 6.91. The molecular formula is C29H27NO4. The molecule has 0 spiro atoms. The van der Waals surface area contributed by atoms with Crippen molar-refractivity contribution in [3.8, 4) is 0 Å². The lowest BCUT2D eigenvalue weighted by atomic mass is 9.47. The maximum Gasteiger partial charge on any atom is 0.239 e. The smallest absolute Gasteiger partial charge is 0.239 e. The fraction of sp³-hybridized carbons (Fsp3) is 0.310. The molecule has 7 rings (SSSR count). The second-order valence-electron chi connectivity index (χ2n) is 9.56. The molecule has 0 radical (unpaired) electrons. The first-order chi connectivity index (χ1) is 16.5. The van der Waals surface area contributed by atoms with Gasteiger partial charge in [0.1, 0.15) is 0 Å². The second kappa shape index (κ2) is 7.36. The minimum atomic E-state index is -0.935. The molecule has 2 atom stereocenters. The number of hydrogen-bond donors (Lipinski definition) is 0.